The van der Waals surface area contributed by atoms with Gasteiger partial charge in [-0.3, -0.25) is 0 Å². The van der Waals surface area contributed by atoms with Crippen LogP contribution in [0.1, 0.15) is 93.2 Å². The Morgan fingerprint density at radius 2 is 0.816 bits per heavy atom. The molecule has 0 spiro atoms. The van der Waals surface area contributed by atoms with Crippen LogP contribution in [-0.4, -0.2) is 26.2 Å². The van der Waals surface area contributed by atoms with Gasteiger partial charge in [0.15, 0.2) is 24.8 Å². The fraction of sp³-hybridized carbons (Fsp3) is 0.395. The second kappa shape index (κ2) is 22.5. The van der Waals surface area contributed by atoms with Crippen molar-refractivity contribution >= 4 is 35.7 Å². The minimum absolute atomic E-state index is 0. The second-order valence-electron chi connectivity index (χ2n) is 12.6. The van der Waals surface area contributed by atoms with Gasteiger partial charge in [-0.1, -0.05) is 55.0 Å². The van der Waals surface area contributed by atoms with Crippen LogP contribution in [0.2, 0.25) is 0 Å². The van der Waals surface area contributed by atoms with Crippen LogP contribution in [0.15, 0.2) is 85.5 Å². The zero-order chi connectivity index (χ0) is 33.4. The monoisotopic (exact) mass is 788 g/mol. The number of pyridine rings is 2. The molecule has 0 aliphatic rings. The first-order chi connectivity index (χ1) is 22.9. The van der Waals surface area contributed by atoms with Gasteiger partial charge in [0.05, 0.1) is 0 Å². The van der Waals surface area contributed by atoms with Gasteiger partial charge in [0.2, 0.25) is 0 Å². The number of unbranched alkanes of at least 4 members (excludes halogenated alkanes) is 4. The van der Waals surface area contributed by atoms with Crippen molar-refractivity contribution in [3.63, 3.8) is 0 Å². The van der Waals surface area contributed by atoms with Crippen LogP contribution < -0.4 is 52.9 Å². The van der Waals surface area contributed by atoms with Crippen molar-refractivity contribution in [3.05, 3.63) is 119 Å². The number of hydrogen-bond donors (Lipinski definition) is 0. The molecule has 0 atom stereocenters. The van der Waals surface area contributed by atoms with Gasteiger partial charge in [-0.25, -0.2) is 9.13 Å². The molecule has 0 aliphatic heterocycles. The zero-order valence-corrected chi connectivity index (χ0v) is 33.9. The van der Waals surface area contributed by atoms with E-state index in [2.05, 4.69) is 170 Å². The fourth-order valence-corrected chi connectivity index (χ4v) is 6.26. The maximum Gasteiger partial charge on any atom is 0.172 e. The molecule has 0 amide bonds. The SMILES string of the molecule is CCN(CC)c1ccc(/C=C/c2cc[n+](CCCCCCC[n+]3ccc(/C=C/c4ccc(N(CC)CC)cc4)c(C)c3)cc2C)cc1.[Br-].[Br-]. The molecule has 2 aromatic heterocycles. The van der Waals surface area contributed by atoms with E-state index in [9.17, 15) is 0 Å². The van der Waals surface area contributed by atoms with Gasteiger partial charge in [0.25, 0.3) is 0 Å². The van der Waals surface area contributed by atoms with Crippen LogP contribution >= 0.6 is 0 Å². The van der Waals surface area contributed by atoms with Crippen molar-refractivity contribution in [1.82, 2.24) is 0 Å². The van der Waals surface area contributed by atoms with Crippen molar-refractivity contribution < 1.29 is 43.1 Å². The van der Waals surface area contributed by atoms with Gasteiger partial charge in [-0.05, 0) is 101 Å². The predicted molar refractivity (Wildman–Crippen MR) is 204 cm³/mol. The fourth-order valence-electron chi connectivity index (χ4n) is 6.26. The lowest BCUT2D eigenvalue weighted by Crippen LogP contribution is -3.00. The average molecular weight is 791 g/mol. The molecule has 0 radical (unpaired) electrons. The molecule has 0 saturated carbocycles. The van der Waals surface area contributed by atoms with Crippen LogP contribution in [0.5, 0.6) is 0 Å². The number of rotatable bonds is 18. The highest BCUT2D eigenvalue weighted by Crippen LogP contribution is 2.19. The van der Waals surface area contributed by atoms with Crippen molar-refractivity contribution in [2.75, 3.05) is 36.0 Å². The third kappa shape index (κ3) is 13.2. The Morgan fingerprint density at radius 3 is 1.14 bits per heavy atom. The van der Waals surface area contributed by atoms with Gasteiger partial charge in [0, 0.05) is 73.7 Å². The number of hydrogen-bond acceptors (Lipinski definition) is 2. The summed E-state index contributed by atoms with van der Waals surface area (Å²) in [6.07, 6.45) is 24.3. The maximum absolute atomic E-state index is 2.38. The third-order valence-electron chi connectivity index (χ3n) is 9.31. The Bertz CT molecular complexity index is 1450. The minimum Gasteiger partial charge on any atom is -1.00 e. The molecule has 0 N–H and O–H groups in total. The molecule has 6 heteroatoms. The van der Waals surface area contributed by atoms with E-state index >= 15 is 0 Å². The Morgan fingerprint density at radius 1 is 0.469 bits per heavy atom. The van der Waals surface area contributed by atoms with E-state index in [4.69, 9.17) is 0 Å². The first kappa shape index (κ1) is 41.9. The molecule has 2 aromatic carbocycles. The van der Waals surface area contributed by atoms with E-state index in [-0.39, 0.29) is 34.0 Å². The standard InChI is InChI=1S/C43H58N4.2BrH/c1-7-46(8-2)42-24-18-38(19-25-42)16-22-40-28-32-44(34-36(40)5)30-14-12-11-13-15-31-45-33-29-41(37(6)35-45)23-17-39-20-26-43(27-21-39)47(9-3)10-4;;/h16-29,32-35H,7-15,30-31H2,1-6H3;2*1H/q+2;;/p-2. The molecule has 4 rings (SSSR count). The summed E-state index contributed by atoms with van der Waals surface area (Å²) >= 11 is 0. The summed E-state index contributed by atoms with van der Waals surface area (Å²) in [4.78, 5) is 4.75. The Hall–Kier alpha value is -3.22. The zero-order valence-electron chi connectivity index (χ0n) is 30.7. The summed E-state index contributed by atoms with van der Waals surface area (Å²) in [7, 11) is 0. The molecule has 4 nitrogen and oxygen atoms in total. The Labute approximate surface area is 318 Å². The quantitative estimate of drug-likeness (QED) is 0.113. The van der Waals surface area contributed by atoms with E-state index in [1.54, 1.807) is 0 Å². The van der Waals surface area contributed by atoms with Crippen LogP contribution in [0.25, 0.3) is 24.3 Å². The lowest BCUT2D eigenvalue weighted by molar-refractivity contribution is -0.698. The van der Waals surface area contributed by atoms with E-state index in [1.165, 1.54) is 76.9 Å². The third-order valence-corrected chi connectivity index (χ3v) is 9.31. The molecule has 4 aromatic rings. The van der Waals surface area contributed by atoms with E-state index in [0.29, 0.717) is 0 Å². The maximum atomic E-state index is 2.38. The molecule has 49 heavy (non-hydrogen) atoms. The van der Waals surface area contributed by atoms with Crippen LogP contribution in [-0.2, 0) is 13.1 Å². The Kier molecular flexibility index (Phi) is 19.3. The van der Waals surface area contributed by atoms with Crippen molar-refractivity contribution in [3.8, 4) is 0 Å². The molecule has 2 heterocycles. The summed E-state index contributed by atoms with van der Waals surface area (Å²) in [5.74, 6) is 0. The number of nitrogens with zero attached hydrogens (tertiary/aromatic N) is 4. The molecule has 0 unspecified atom stereocenters. The highest BCUT2D eigenvalue weighted by atomic mass is 79.9. The minimum atomic E-state index is 0. The topological polar surface area (TPSA) is 14.2 Å². The molecule has 0 saturated heterocycles. The predicted octanol–water partition coefficient (Wildman–Crippen LogP) is 3.57. The van der Waals surface area contributed by atoms with Crippen LogP contribution in [0, 0.1) is 13.8 Å². The summed E-state index contributed by atoms with van der Waals surface area (Å²) in [5.41, 5.74) is 10.3. The summed E-state index contributed by atoms with van der Waals surface area (Å²) < 4.78 is 4.70. The average Bonchev–Trinajstić information content (AvgIpc) is 3.09. The molecular formula is C43H58Br2N4. The lowest BCUT2D eigenvalue weighted by atomic mass is 10.1. The smallest absolute Gasteiger partial charge is 0.172 e. The first-order valence-corrected chi connectivity index (χ1v) is 18.0. The first-order valence-electron chi connectivity index (χ1n) is 18.0. The number of benzene rings is 2. The van der Waals surface area contributed by atoms with Gasteiger partial charge < -0.3 is 43.8 Å². The molecule has 0 aliphatic carbocycles. The number of aromatic nitrogens is 2. The van der Waals surface area contributed by atoms with Crippen molar-refractivity contribution in [1.29, 1.82) is 0 Å². The van der Waals surface area contributed by atoms with E-state index in [0.717, 1.165) is 39.3 Å². The number of aryl methyl sites for hydroxylation is 4. The van der Waals surface area contributed by atoms with Crippen molar-refractivity contribution in [2.45, 2.75) is 86.7 Å². The largest absolute Gasteiger partial charge is 1.00 e. The van der Waals surface area contributed by atoms with E-state index < -0.39 is 0 Å². The van der Waals surface area contributed by atoms with E-state index in [1.807, 2.05) is 0 Å². The summed E-state index contributed by atoms with van der Waals surface area (Å²) in [6, 6.07) is 22.3. The van der Waals surface area contributed by atoms with Crippen LogP contribution in [0.3, 0.4) is 0 Å². The molecule has 0 fully saturated rings. The normalized spacial score (nSPS) is 11.1. The molecule has 0 bridgehead atoms. The second-order valence-corrected chi connectivity index (χ2v) is 12.6. The number of anilines is 2. The van der Waals surface area contributed by atoms with Gasteiger partial charge in [-0.2, -0.15) is 0 Å². The van der Waals surface area contributed by atoms with Crippen molar-refractivity contribution in [2.24, 2.45) is 0 Å². The van der Waals surface area contributed by atoms with Crippen LogP contribution in [0.4, 0.5) is 11.4 Å². The summed E-state index contributed by atoms with van der Waals surface area (Å²) in [6.45, 7) is 19.6. The van der Waals surface area contributed by atoms with Gasteiger partial charge in [-0.15, -0.1) is 0 Å². The lowest BCUT2D eigenvalue weighted by Gasteiger charge is -2.20. The van der Waals surface area contributed by atoms with Gasteiger partial charge in [0.1, 0.15) is 13.1 Å². The highest BCUT2D eigenvalue weighted by molar-refractivity contribution is 5.72. The Balaban J connectivity index is 0.00000417. The molecular weight excluding hydrogens is 732 g/mol. The molecule has 264 valence electrons. The summed E-state index contributed by atoms with van der Waals surface area (Å²) in [5, 5.41) is 0. The number of halogens is 2. The highest BCUT2D eigenvalue weighted by Gasteiger charge is 2.07. The van der Waals surface area contributed by atoms with Gasteiger partial charge >= 0.3 is 0 Å².